The number of carbonyl (C=O) groups is 1. The lowest BCUT2D eigenvalue weighted by Crippen LogP contribution is -2.60. The minimum absolute atomic E-state index is 0.184. The highest BCUT2D eigenvalue weighted by molar-refractivity contribution is 5.76. The zero-order valence-electron chi connectivity index (χ0n) is 36.8. The van der Waals surface area contributed by atoms with Gasteiger partial charge < -0.3 is 40.3 Å². The number of rotatable bonds is 38. The Balaban J connectivity index is 2.17. The highest BCUT2D eigenvalue weighted by Gasteiger charge is 2.44. The molecule has 1 saturated heterocycles. The van der Waals surface area contributed by atoms with Gasteiger partial charge in [0.15, 0.2) is 6.29 Å². The predicted octanol–water partition coefficient (Wildman–Crippen LogP) is 10.0. The molecule has 7 unspecified atom stereocenters. The second kappa shape index (κ2) is 39.1. The molecule has 0 saturated carbocycles. The fourth-order valence-corrected chi connectivity index (χ4v) is 7.09. The van der Waals surface area contributed by atoms with Crippen molar-refractivity contribution in [1.82, 2.24) is 5.32 Å². The van der Waals surface area contributed by atoms with Gasteiger partial charge in [-0.2, -0.15) is 0 Å². The summed E-state index contributed by atoms with van der Waals surface area (Å²) in [5, 5.41) is 54.0. The Morgan fingerprint density at radius 3 is 1.59 bits per heavy atom. The first-order valence-electron chi connectivity index (χ1n) is 23.5. The fraction of sp³-hybridized carbons (Fsp3) is 0.776. The van der Waals surface area contributed by atoms with E-state index in [4.69, 9.17) is 9.47 Å². The van der Waals surface area contributed by atoms with Crippen LogP contribution < -0.4 is 5.32 Å². The molecule has 0 bridgehead atoms. The average Bonchev–Trinajstić information content (AvgIpc) is 3.22. The van der Waals surface area contributed by atoms with Crippen LogP contribution in [0.2, 0.25) is 0 Å². The summed E-state index contributed by atoms with van der Waals surface area (Å²) in [6.07, 6.45) is 44.3. The quantitative estimate of drug-likeness (QED) is 0.0267. The minimum atomic E-state index is -1.57. The largest absolute Gasteiger partial charge is 0.394 e. The number of aliphatic hydroxyl groups excluding tert-OH is 5. The van der Waals surface area contributed by atoms with Crippen molar-refractivity contribution < 1.29 is 39.8 Å². The molecular formula is C49H87NO8. The van der Waals surface area contributed by atoms with Gasteiger partial charge in [-0.25, -0.2) is 0 Å². The number of hydrogen-bond acceptors (Lipinski definition) is 8. The highest BCUT2D eigenvalue weighted by Crippen LogP contribution is 2.22. The predicted molar refractivity (Wildman–Crippen MR) is 239 cm³/mol. The monoisotopic (exact) mass is 818 g/mol. The molecule has 1 heterocycles. The van der Waals surface area contributed by atoms with Gasteiger partial charge in [-0.3, -0.25) is 4.79 Å². The van der Waals surface area contributed by atoms with Crippen LogP contribution in [0.15, 0.2) is 60.8 Å². The summed E-state index contributed by atoms with van der Waals surface area (Å²) in [6.45, 7) is 3.60. The van der Waals surface area contributed by atoms with Crippen LogP contribution in [-0.4, -0.2) is 87.5 Å². The van der Waals surface area contributed by atoms with Crippen LogP contribution in [0.4, 0.5) is 0 Å². The molecule has 0 radical (unpaired) electrons. The molecule has 1 amide bonds. The summed E-state index contributed by atoms with van der Waals surface area (Å²) in [4.78, 5) is 12.9. The molecule has 1 rings (SSSR count). The van der Waals surface area contributed by atoms with Gasteiger partial charge in [0.05, 0.1) is 25.4 Å². The molecule has 0 aromatic heterocycles. The van der Waals surface area contributed by atoms with Gasteiger partial charge in [0.25, 0.3) is 0 Å². The standard InChI is InChI=1S/C49H87NO8/c1-3-5-7-9-11-13-14-15-16-17-18-19-20-21-22-23-24-25-26-27-28-29-30-31-33-35-37-39-45(53)50-42(43(52)38-36-34-32-12-10-8-6-4-2)41-57-49-48(56)47(55)46(54)44(40-51)58-49/h5,7,11,13,15-16,18-19,36,38,42-44,46-49,51-52,54-56H,3-4,6,8-10,12,14,17,20-35,37,39-41H2,1-2H3,(H,50,53)/b7-5-,13-11-,16-15-,19-18-,38-36+. The van der Waals surface area contributed by atoms with Crippen molar-refractivity contribution in [3.05, 3.63) is 60.8 Å². The second-order valence-corrected chi connectivity index (χ2v) is 16.2. The van der Waals surface area contributed by atoms with Crippen LogP contribution in [0.3, 0.4) is 0 Å². The Labute approximate surface area is 354 Å². The molecule has 58 heavy (non-hydrogen) atoms. The van der Waals surface area contributed by atoms with Gasteiger partial charge in [-0.05, 0) is 57.8 Å². The molecule has 0 aliphatic carbocycles. The van der Waals surface area contributed by atoms with E-state index in [0.29, 0.717) is 6.42 Å². The summed E-state index contributed by atoms with van der Waals surface area (Å²) in [7, 11) is 0. The molecule has 7 atom stereocenters. The van der Waals surface area contributed by atoms with E-state index in [-0.39, 0.29) is 12.5 Å². The molecule has 336 valence electrons. The maximum absolute atomic E-state index is 12.9. The van der Waals surface area contributed by atoms with Crippen molar-refractivity contribution in [1.29, 1.82) is 0 Å². The van der Waals surface area contributed by atoms with E-state index in [2.05, 4.69) is 67.8 Å². The molecule has 6 N–H and O–H groups in total. The third kappa shape index (κ3) is 29.2. The van der Waals surface area contributed by atoms with E-state index in [1.54, 1.807) is 6.08 Å². The normalized spacial score (nSPS) is 21.4. The number of carbonyl (C=O) groups excluding carboxylic acids is 1. The summed E-state index contributed by atoms with van der Waals surface area (Å²) < 4.78 is 11.2. The van der Waals surface area contributed by atoms with Gasteiger partial charge in [0, 0.05) is 6.42 Å². The molecule has 1 fully saturated rings. The Morgan fingerprint density at radius 2 is 1.07 bits per heavy atom. The maximum Gasteiger partial charge on any atom is 0.220 e. The van der Waals surface area contributed by atoms with Gasteiger partial charge >= 0.3 is 0 Å². The first-order valence-corrected chi connectivity index (χ1v) is 23.5. The zero-order valence-corrected chi connectivity index (χ0v) is 36.8. The van der Waals surface area contributed by atoms with E-state index in [0.717, 1.165) is 64.2 Å². The number of allylic oxidation sites excluding steroid dienone is 9. The van der Waals surface area contributed by atoms with Crippen molar-refractivity contribution in [2.75, 3.05) is 13.2 Å². The molecule has 9 heteroatoms. The van der Waals surface area contributed by atoms with Crippen LogP contribution >= 0.6 is 0 Å². The van der Waals surface area contributed by atoms with E-state index in [1.807, 2.05) is 6.08 Å². The lowest BCUT2D eigenvalue weighted by Gasteiger charge is -2.40. The summed E-state index contributed by atoms with van der Waals surface area (Å²) >= 11 is 0. The van der Waals surface area contributed by atoms with Crippen LogP contribution in [0.5, 0.6) is 0 Å². The van der Waals surface area contributed by atoms with Crippen molar-refractivity contribution in [3.8, 4) is 0 Å². The van der Waals surface area contributed by atoms with Crippen molar-refractivity contribution in [2.24, 2.45) is 0 Å². The Hall–Kier alpha value is -2.11. The van der Waals surface area contributed by atoms with Gasteiger partial charge in [-0.15, -0.1) is 0 Å². The first-order chi connectivity index (χ1) is 28.3. The summed E-state index contributed by atoms with van der Waals surface area (Å²) in [5.41, 5.74) is 0. The minimum Gasteiger partial charge on any atom is -0.394 e. The third-order valence-corrected chi connectivity index (χ3v) is 10.8. The number of ether oxygens (including phenoxy) is 2. The van der Waals surface area contributed by atoms with E-state index >= 15 is 0 Å². The summed E-state index contributed by atoms with van der Waals surface area (Å²) in [5.74, 6) is -0.184. The van der Waals surface area contributed by atoms with Crippen LogP contribution in [-0.2, 0) is 14.3 Å². The van der Waals surface area contributed by atoms with Crippen molar-refractivity contribution >= 4 is 5.91 Å². The van der Waals surface area contributed by atoms with Crippen molar-refractivity contribution in [2.45, 2.75) is 230 Å². The molecular weight excluding hydrogens is 731 g/mol. The summed E-state index contributed by atoms with van der Waals surface area (Å²) in [6, 6.07) is -0.803. The topological polar surface area (TPSA) is 149 Å². The Bertz CT molecular complexity index is 1090. The Kier molecular flexibility index (Phi) is 36.3. The smallest absolute Gasteiger partial charge is 0.220 e. The van der Waals surface area contributed by atoms with Crippen molar-refractivity contribution in [3.63, 3.8) is 0 Å². The lowest BCUT2D eigenvalue weighted by atomic mass is 9.99. The van der Waals surface area contributed by atoms with E-state index < -0.39 is 49.5 Å². The Morgan fingerprint density at radius 1 is 0.603 bits per heavy atom. The van der Waals surface area contributed by atoms with E-state index in [1.165, 1.54) is 103 Å². The third-order valence-electron chi connectivity index (χ3n) is 10.8. The second-order valence-electron chi connectivity index (χ2n) is 16.2. The van der Waals surface area contributed by atoms with Crippen LogP contribution in [0.1, 0.15) is 187 Å². The van der Waals surface area contributed by atoms with Gasteiger partial charge in [-0.1, -0.05) is 184 Å². The number of unbranched alkanes of at least 4 members (excludes halogenated alkanes) is 20. The zero-order chi connectivity index (χ0) is 42.3. The molecule has 1 aliphatic heterocycles. The van der Waals surface area contributed by atoms with Gasteiger partial charge in [0.2, 0.25) is 5.91 Å². The lowest BCUT2D eigenvalue weighted by molar-refractivity contribution is -0.302. The van der Waals surface area contributed by atoms with Gasteiger partial charge in [0.1, 0.15) is 24.4 Å². The number of hydrogen-bond donors (Lipinski definition) is 6. The number of amides is 1. The SMILES string of the molecule is CC/C=C\C/C=C\C/C=C\C/C=C\CCCCCCCCCCCCCCCCC(=O)NC(COC1OC(CO)C(O)C(O)C1O)C(O)/C=C/CCCCCCCC. The van der Waals surface area contributed by atoms with Crippen LogP contribution in [0.25, 0.3) is 0 Å². The maximum atomic E-state index is 12.9. The molecule has 0 aromatic rings. The molecule has 1 aliphatic rings. The van der Waals surface area contributed by atoms with Crippen LogP contribution in [0, 0.1) is 0 Å². The number of aliphatic hydroxyl groups is 5. The van der Waals surface area contributed by atoms with E-state index in [9.17, 15) is 30.3 Å². The fourth-order valence-electron chi connectivity index (χ4n) is 7.09. The first kappa shape index (κ1) is 53.9. The number of nitrogens with one attached hydrogen (secondary N) is 1. The molecule has 9 nitrogen and oxygen atoms in total. The average molecular weight is 818 g/mol. The molecule has 0 aromatic carbocycles. The highest BCUT2D eigenvalue weighted by atomic mass is 16.7. The molecule has 0 spiro atoms.